The van der Waals surface area contributed by atoms with Crippen molar-refractivity contribution in [1.29, 1.82) is 0 Å². The molecule has 3 aliphatic rings. The van der Waals surface area contributed by atoms with Gasteiger partial charge in [-0.25, -0.2) is 0 Å². The maximum Gasteiger partial charge on any atom is 0.0731 e. The first-order valence-electron chi connectivity index (χ1n) is 8.40. The third-order valence-corrected chi connectivity index (χ3v) is 5.50. The fraction of sp³-hybridized carbons (Fsp3) is 1.00. The average Bonchev–Trinajstić information content (AvgIpc) is 2.89. The summed E-state index contributed by atoms with van der Waals surface area (Å²) in [6, 6.07) is 2.17. The van der Waals surface area contributed by atoms with Gasteiger partial charge in [-0.05, 0) is 51.0 Å². The maximum absolute atomic E-state index is 5.98. The number of fused-ring (bicyclic) bond motifs is 1. The van der Waals surface area contributed by atoms with Crippen molar-refractivity contribution in [3.63, 3.8) is 0 Å². The third kappa shape index (κ3) is 2.84. The molecule has 3 heteroatoms. The highest BCUT2D eigenvalue weighted by Gasteiger charge is 2.42. The summed E-state index contributed by atoms with van der Waals surface area (Å²) in [6.07, 6.45) is 8.67. The number of morpholine rings is 1. The Balaban J connectivity index is 1.72. The molecule has 1 aliphatic heterocycles. The smallest absolute Gasteiger partial charge is 0.0731 e. The summed E-state index contributed by atoms with van der Waals surface area (Å²) in [5.74, 6) is 0.891. The minimum atomic E-state index is 0.535. The lowest BCUT2D eigenvalue weighted by Crippen LogP contribution is -2.60. The van der Waals surface area contributed by atoms with Gasteiger partial charge in [0.25, 0.3) is 0 Å². The highest BCUT2D eigenvalue weighted by molar-refractivity contribution is 4.98. The fourth-order valence-corrected chi connectivity index (χ4v) is 4.58. The van der Waals surface area contributed by atoms with Crippen molar-refractivity contribution in [2.75, 3.05) is 19.7 Å². The monoisotopic (exact) mass is 266 g/mol. The van der Waals surface area contributed by atoms with Crippen LogP contribution >= 0.6 is 0 Å². The molecule has 0 aromatic heterocycles. The van der Waals surface area contributed by atoms with Crippen LogP contribution in [0.15, 0.2) is 0 Å². The predicted octanol–water partition coefficient (Wildman–Crippen LogP) is 2.41. The summed E-state index contributed by atoms with van der Waals surface area (Å²) in [4.78, 5) is 2.82. The van der Waals surface area contributed by atoms with Crippen LogP contribution in [-0.2, 0) is 4.74 Å². The van der Waals surface area contributed by atoms with Crippen LogP contribution in [0.4, 0.5) is 0 Å². The Kier molecular flexibility index (Phi) is 4.45. The van der Waals surface area contributed by atoms with Crippen LogP contribution in [0.5, 0.6) is 0 Å². The van der Waals surface area contributed by atoms with E-state index in [9.17, 15) is 0 Å². The molecule has 1 N–H and O–H groups in total. The zero-order valence-electron chi connectivity index (χ0n) is 12.6. The largest absolute Gasteiger partial charge is 0.375 e. The summed E-state index contributed by atoms with van der Waals surface area (Å²) in [5, 5.41) is 3.75. The zero-order valence-corrected chi connectivity index (χ0v) is 12.6. The first-order chi connectivity index (χ1) is 9.29. The minimum Gasteiger partial charge on any atom is -0.375 e. The normalized spacial score (nSPS) is 44.2. The molecule has 0 bridgehead atoms. The van der Waals surface area contributed by atoms with Gasteiger partial charge in [0.05, 0.1) is 12.7 Å². The quantitative estimate of drug-likeness (QED) is 0.849. The van der Waals surface area contributed by atoms with Crippen LogP contribution in [0.3, 0.4) is 0 Å². The summed E-state index contributed by atoms with van der Waals surface area (Å²) in [5.41, 5.74) is 0. The topological polar surface area (TPSA) is 24.5 Å². The molecule has 5 unspecified atom stereocenters. The molecule has 3 nitrogen and oxygen atoms in total. The Bertz CT molecular complexity index is 296. The molecule has 0 aromatic carbocycles. The lowest BCUT2D eigenvalue weighted by Gasteiger charge is -2.48. The molecular weight excluding hydrogens is 236 g/mol. The number of likely N-dealkylation sites (N-methyl/N-ethyl adjacent to an activating group) is 1. The van der Waals surface area contributed by atoms with Crippen molar-refractivity contribution < 1.29 is 4.74 Å². The molecule has 1 heterocycles. The van der Waals surface area contributed by atoms with E-state index in [0.717, 1.165) is 31.7 Å². The minimum absolute atomic E-state index is 0.535. The van der Waals surface area contributed by atoms with E-state index in [0.29, 0.717) is 18.2 Å². The fourth-order valence-electron chi connectivity index (χ4n) is 4.58. The van der Waals surface area contributed by atoms with Crippen molar-refractivity contribution in [2.45, 2.75) is 76.6 Å². The van der Waals surface area contributed by atoms with E-state index in [1.165, 1.54) is 38.5 Å². The highest BCUT2D eigenvalue weighted by atomic mass is 16.5. The van der Waals surface area contributed by atoms with Crippen LogP contribution in [-0.4, -0.2) is 48.8 Å². The number of rotatable bonds is 3. The van der Waals surface area contributed by atoms with Gasteiger partial charge in [0.15, 0.2) is 0 Å². The van der Waals surface area contributed by atoms with Crippen molar-refractivity contribution in [1.82, 2.24) is 10.2 Å². The molecule has 19 heavy (non-hydrogen) atoms. The molecule has 2 saturated carbocycles. The number of nitrogens with one attached hydrogen (secondary N) is 1. The van der Waals surface area contributed by atoms with E-state index >= 15 is 0 Å². The molecule has 3 rings (SSSR count). The molecule has 2 aliphatic carbocycles. The van der Waals surface area contributed by atoms with E-state index in [-0.39, 0.29) is 0 Å². The van der Waals surface area contributed by atoms with E-state index in [1.54, 1.807) is 0 Å². The summed E-state index contributed by atoms with van der Waals surface area (Å²) in [7, 11) is 0. The molecule has 0 amide bonds. The lowest BCUT2D eigenvalue weighted by molar-refractivity contribution is -0.0843. The highest BCUT2D eigenvalue weighted by Crippen LogP contribution is 2.36. The molecule has 3 fully saturated rings. The Morgan fingerprint density at radius 1 is 1.16 bits per heavy atom. The van der Waals surface area contributed by atoms with Gasteiger partial charge >= 0.3 is 0 Å². The molecule has 110 valence electrons. The third-order valence-electron chi connectivity index (χ3n) is 5.50. The van der Waals surface area contributed by atoms with Gasteiger partial charge in [-0.1, -0.05) is 13.8 Å². The number of hydrogen-bond donors (Lipinski definition) is 1. The number of nitrogens with zero attached hydrogens (tertiary/aromatic N) is 1. The van der Waals surface area contributed by atoms with Crippen LogP contribution in [0.2, 0.25) is 0 Å². The van der Waals surface area contributed by atoms with Crippen LogP contribution in [0.25, 0.3) is 0 Å². The standard InChI is InChI=1S/C16H30N2O/c1-3-17-13-8-7-12(2)11-15(13)18-9-10-19-16-6-4-5-14(16)18/h12-17H,3-11H2,1-2H3. The first-order valence-corrected chi connectivity index (χ1v) is 8.40. The molecule has 1 saturated heterocycles. The Morgan fingerprint density at radius 2 is 2.05 bits per heavy atom. The number of ether oxygens (including phenoxy) is 1. The van der Waals surface area contributed by atoms with Crippen LogP contribution in [0, 0.1) is 5.92 Å². The van der Waals surface area contributed by atoms with E-state index in [1.807, 2.05) is 0 Å². The van der Waals surface area contributed by atoms with Gasteiger partial charge in [-0.3, -0.25) is 4.90 Å². The Hall–Kier alpha value is -0.120. The zero-order chi connectivity index (χ0) is 13.2. The Labute approximate surface area is 118 Å². The molecule has 0 radical (unpaired) electrons. The summed E-state index contributed by atoms with van der Waals surface area (Å²) >= 11 is 0. The SMILES string of the molecule is CCNC1CCC(C)CC1N1CCOC2CCCC21. The van der Waals surface area contributed by atoms with Crippen molar-refractivity contribution in [3.05, 3.63) is 0 Å². The molecule has 5 atom stereocenters. The van der Waals surface area contributed by atoms with Crippen molar-refractivity contribution in [3.8, 4) is 0 Å². The average molecular weight is 266 g/mol. The summed E-state index contributed by atoms with van der Waals surface area (Å²) in [6.45, 7) is 7.88. The van der Waals surface area contributed by atoms with E-state index in [4.69, 9.17) is 4.74 Å². The first kappa shape index (κ1) is 13.8. The van der Waals surface area contributed by atoms with Crippen LogP contribution in [0.1, 0.15) is 52.4 Å². The maximum atomic E-state index is 5.98. The van der Waals surface area contributed by atoms with Gasteiger partial charge < -0.3 is 10.1 Å². The molecular formula is C16H30N2O. The van der Waals surface area contributed by atoms with E-state index < -0.39 is 0 Å². The second-order valence-electron chi connectivity index (χ2n) is 6.80. The van der Waals surface area contributed by atoms with Crippen molar-refractivity contribution in [2.24, 2.45) is 5.92 Å². The predicted molar refractivity (Wildman–Crippen MR) is 78.4 cm³/mol. The van der Waals surface area contributed by atoms with E-state index in [2.05, 4.69) is 24.1 Å². The van der Waals surface area contributed by atoms with Gasteiger partial charge in [-0.2, -0.15) is 0 Å². The van der Waals surface area contributed by atoms with Gasteiger partial charge in [0, 0.05) is 24.7 Å². The van der Waals surface area contributed by atoms with Gasteiger partial charge in [0.1, 0.15) is 0 Å². The summed E-state index contributed by atoms with van der Waals surface area (Å²) < 4.78 is 5.98. The molecule has 0 aromatic rings. The Morgan fingerprint density at radius 3 is 2.89 bits per heavy atom. The second kappa shape index (κ2) is 6.11. The van der Waals surface area contributed by atoms with Crippen LogP contribution < -0.4 is 5.32 Å². The van der Waals surface area contributed by atoms with Crippen molar-refractivity contribution >= 4 is 0 Å². The molecule has 0 spiro atoms. The van der Waals surface area contributed by atoms with Gasteiger partial charge in [0.2, 0.25) is 0 Å². The second-order valence-corrected chi connectivity index (χ2v) is 6.80. The number of hydrogen-bond acceptors (Lipinski definition) is 3. The van der Waals surface area contributed by atoms with Gasteiger partial charge in [-0.15, -0.1) is 0 Å². The lowest BCUT2D eigenvalue weighted by atomic mass is 9.81.